The van der Waals surface area contributed by atoms with Gasteiger partial charge in [0.2, 0.25) is 0 Å². The topological polar surface area (TPSA) is 45.7 Å². The Bertz CT molecular complexity index is 552. The molecule has 0 unspecified atom stereocenters. The molecule has 25 heavy (non-hydrogen) atoms. The van der Waals surface area contributed by atoms with Crippen LogP contribution in [0.25, 0.3) is 0 Å². The standard InChI is InChI=1S/C15H20F5N3O.HI/c1-3-21-14(23-8-13(16)17)22-7-11-5-4-10(2)6-12(11)24-9-15(18,19)20;/h4-6,13H,3,7-9H2,1-2H3,(H2,21,22,23);1H. The first-order chi connectivity index (χ1) is 11.2. The maximum absolute atomic E-state index is 12.3. The van der Waals surface area contributed by atoms with E-state index >= 15 is 0 Å². The van der Waals surface area contributed by atoms with Crippen LogP contribution < -0.4 is 15.4 Å². The molecule has 0 aromatic heterocycles. The lowest BCUT2D eigenvalue weighted by Gasteiger charge is -2.14. The maximum atomic E-state index is 12.3. The van der Waals surface area contributed by atoms with Crippen molar-refractivity contribution in [3.8, 4) is 5.75 Å². The molecule has 2 N–H and O–H groups in total. The van der Waals surface area contributed by atoms with Gasteiger partial charge in [0, 0.05) is 12.1 Å². The summed E-state index contributed by atoms with van der Waals surface area (Å²) in [7, 11) is 0. The number of hydrogen-bond donors (Lipinski definition) is 2. The van der Waals surface area contributed by atoms with Crippen molar-refractivity contribution >= 4 is 29.9 Å². The van der Waals surface area contributed by atoms with Gasteiger partial charge in [0.15, 0.2) is 12.6 Å². The SMILES string of the molecule is CCNC(=NCc1ccc(C)cc1OCC(F)(F)F)NCC(F)F.I. The van der Waals surface area contributed by atoms with E-state index in [1.807, 2.05) is 0 Å². The zero-order valence-corrected chi connectivity index (χ0v) is 16.1. The third-order valence-electron chi connectivity index (χ3n) is 2.79. The summed E-state index contributed by atoms with van der Waals surface area (Å²) in [5.74, 6) is 0.223. The van der Waals surface area contributed by atoms with Crippen LogP contribution in [0.1, 0.15) is 18.1 Å². The second kappa shape index (κ2) is 11.3. The van der Waals surface area contributed by atoms with E-state index in [2.05, 4.69) is 15.6 Å². The molecule has 1 aromatic carbocycles. The van der Waals surface area contributed by atoms with Crippen molar-refractivity contribution in [2.45, 2.75) is 33.0 Å². The fraction of sp³-hybridized carbons (Fsp3) is 0.533. The Morgan fingerprint density at radius 1 is 1.24 bits per heavy atom. The number of alkyl halides is 5. The number of rotatable bonds is 7. The molecule has 0 spiro atoms. The molecule has 0 fully saturated rings. The van der Waals surface area contributed by atoms with E-state index in [0.29, 0.717) is 12.1 Å². The first kappa shape index (κ1) is 23.7. The van der Waals surface area contributed by atoms with Crippen LogP contribution in [0.3, 0.4) is 0 Å². The van der Waals surface area contributed by atoms with Gasteiger partial charge >= 0.3 is 6.18 Å². The van der Waals surface area contributed by atoms with Crippen molar-refractivity contribution in [1.29, 1.82) is 0 Å². The molecule has 0 atom stereocenters. The molecule has 10 heteroatoms. The highest BCUT2D eigenvalue weighted by molar-refractivity contribution is 14.0. The first-order valence-electron chi connectivity index (χ1n) is 7.30. The Kier molecular flexibility index (Phi) is 10.7. The van der Waals surface area contributed by atoms with E-state index in [1.54, 1.807) is 26.0 Å². The molecule has 1 aromatic rings. The molecule has 0 saturated carbocycles. The van der Waals surface area contributed by atoms with E-state index in [4.69, 9.17) is 4.74 Å². The van der Waals surface area contributed by atoms with Crippen LogP contribution in [0, 0.1) is 6.92 Å². The van der Waals surface area contributed by atoms with Gasteiger partial charge in [-0.25, -0.2) is 13.8 Å². The number of aryl methyl sites for hydroxylation is 1. The number of nitrogens with one attached hydrogen (secondary N) is 2. The van der Waals surface area contributed by atoms with Gasteiger partial charge in [-0.15, -0.1) is 24.0 Å². The quantitative estimate of drug-likeness (QED) is 0.269. The minimum atomic E-state index is -4.45. The number of aliphatic imine (C=N–C) groups is 1. The van der Waals surface area contributed by atoms with E-state index in [-0.39, 0.29) is 42.2 Å². The minimum Gasteiger partial charge on any atom is -0.484 e. The summed E-state index contributed by atoms with van der Waals surface area (Å²) in [5, 5.41) is 5.23. The molecule has 0 amide bonds. The van der Waals surface area contributed by atoms with Gasteiger partial charge in [0.1, 0.15) is 5.75 Å². The van der Waals surface area contributed by atoms with Crippen molar-refractivity contribution in [2.75, 3.05) is 19.7 Å². The van der Waals surface area contributed by atoms with Crippen LogP contribution in [-0.2, 0) is 6.54 Å². The van der Waals surface area contributed by atoms with Gasteiger partial charge < -0.3 is 15.4 Å². The van der Waals surface area contributed by atoms with E-state index < -0.39 is 25.8 Å². The molecule has 0 aliphatic carbocycles. The fourth-order valence-corrected chi connectivity index (χ4v) is 1.77. The predicted octanol–water partition coefficient (Wildman–Crippen LogP) is 3.87. The van der Waals surface area contributed by atoms with Crippen molar-refractivity contribution in [3.63, 3.8) is 0 Å². The molecule has 0 heterocycles. The van der Waals surface area contributed by atoms with Gasteiger partial charge in [-0.05, 0) is 25.5 Å². The summed E-state index contributed by atoms with van der Waals surface area (Å²) in [5.41, 5.74) is 1.17. The van der Waals surface area contributed by atoms with Crippen LogP contribution in [0.2, 0.25) is 0 Å². The summed E-state index contributed by atoms with van der Waals surface area (Å²) in [6.07, 6.45) is -6.99. The van der Waals surface area contributed by atoms with Crippen molar-refractivity contribution in [2.24, 2.45) is 4.99 Å². The number of halogens is 6. The lowest BCUT2D eigenvalue weighted by atomic mass is 10.1. The fourth-order valence-electron chi connectivity index (χ4n) is 1.77. The van der Waals surface area contributed by atoms with Crippen LogP contribution >= 0.6 is 24.0 Å². The van der Waals surface area contributed by atoms with Crippen LogP contribution in [-0.4, -0.2) is 38.3 Å². The zero-order chi connectivity index (χ0) is 18.2. The van der Waals surface area contributed by atoms with Crippen molar-refractivity contribution in [3.05, 3.63) is 29.3 Å². The highest BCUT2D eigenvalue weighted by atomic mass is 127. The number of nitrogens with zero attached hydrogens (tertiary/aromatic N) is 1. The maximum Gasteiger partial charge on any atom is 0.422 e. The largest absolute Gasteiger partial charge is 0.484 e. The van der Waals surface area contributed by atoms with Crippen molar-refractivity contribution < 1.29 is 26.7 Å². The monoisotopic (exact) mass is 481 g/mol. The second-order valence-corrected chi connectivity index (χ2v) is 4.98. The van der Waals surface area contributed by atoms with Gasteiger partial charge in [-0.3, -0.25) is 0 Å². The molecular formula is C15H21F5IN3O. The number of ether oxygens (including phenoxy) is 1. The van der Waals surface area contributed by atoms with Crippen LogP contribution in [0.5, 0.6) is 5.75 Å². The van der Waals surface area contributed by atoms with Gasteiger partial charge in [-0.1, -0.05) is 12.1 Å². The summed E-state index contributed by atoms with van der Waals surface area (Å²) < 4.78 is 66.3. The molecule has 0 bridgehead atoms. The Morgan fingerprint density at radius 2 is 1.92 bits per heavy atom. The van der Waals surface area contributed by atoms with Crippen molar-refractivity contribution in [1.82, 2.24) is 10.6 Å². The third-order valence-corrected chi connectivity index (χ3v) is 2.79. The average Bonchev–Trinajstić information content (AvgIpc) is 2.48. The summed E-state index contributed by atoms with van der Waals surface area (Å²) in [6, 6.07) is 4.79. The molecule has 1 rings (SSSR count). The molecule has 0 saturated heterocycles. The highest BCUT2D eigenvalue weighted by Crippen LogP contribution is 2.24. The lowest BCUT2D eigenvalue weighted by Crippen LogP contribution is -2.39. The molecular weight excluding hydrogens is 460 g/mol. The molecule has 144 valence electrons. The Balaban J connectivity index is 0.00000576. The van der Waals surface area contributed by atoms with E-state index in [0.717, 1.165) is 5.56 Å². The van der Waals surface area contributed by atoms with Gasteiger partial charge in [-0.2, -0.15) is 13.2 Å². The van der Waals surface area contributed by atoms with Gasteiger partial charge in [0.25, 0.3) is 6.43 Å². The average molecular weight is 481 g/mol. The Morgan fingerprint density at radius 3 is 2.48 bits per heavy atom. The predicted molar refractivity (Wildman–Crippen MR) is 97.0 cm³/mol. The zero-order valence-electron chi connectivity index (χ0n) is 13.8. The van der Waals surface area contributed by atoms with E-state index in [9.17, 15) is 22.0 Å². The third kappa shape index (κ3) is 10.3. The van der Waals surface area contributed by atoms with Crippen LogP contribution in [0.15, 0.2) is 23.2 Å². The molecule has 0 aliphatic rings. The smallest absolute Gasteiger partial charge is 0.422 e. The molecule has 0 aliphatic heterocycles. The highest BCUT2D eigenvalue weighted by Gasteiger charge is 2.28. The van der Waals surface area contributed by atoms with E-state index in [1.165, 1.54) is 6.07 Å². The molecule has 0 radical (unpaired) electrons. The summed E-state index contributed by atoms with van der Waals surface area (Å²) in [6.45, 7) is 1.96. The second-order valence-electron chi connectivity index (χ2n) is 4.98. The Hall–Kier alpha value is -1.33. The minimum absolute atomic E-state index is 0. The normalized spacial score (nSPS) is 11.9. The number of guanidine groups is 1. The van der Waals surface area contributed by atoms with Gasteiger partial charge in [0.05, 0.1) is 13.1 Å². The summed E-state index contributed by atoms with van der Waals surface area (Å²) >= 11 is 0. The Labute approximate surface area is 160 Å². The van der Waals surface area contributed by atoms with Crippen LogP contribution in [0.4, 0.5) is 22.0 Å². The number of benzene rings is 1. The number of hydrogen-bond acceptors (Lipinski definition) is 2. The first-order valence-corrected chi connectivity index (χ1v) is 7.30. The lowest BCUT2D eigenvalue weighted by molar-refractivity contribution is -0.153. The molecule has 4 nitrogen and oxygen atoms in total. The summed E-state index contributed by atoms with van der Waals surface area (Å²) in [4.78, 5) is 4.09.